The molecule has 0 aliphatic carbocycles. The van der Waals surface area contributed by atoms with Crippen LogP contribution in [0.15, 0.2) is 64.6 Å². The summed E-state index contributed by atoms with van der Waals surface area (Å²) in [6.45, 7) is 1.91. The SMILES string of the molecule is Cc1cccc(N2NC(=O)C(=Cc3ccc(-c4cc(Cl)ccc4Cl)o3)C2=O)c1. The van der Waals surface area contributed by atoms with Crippen LogP contribution < -0.4 is 10.4 Å². The third kappa shape index (κ3) is 3.42. The Hall–Kier alpha value is -3.02. The van der Waals surface area contributed by atoms with Gasteiger partial charge in [-0.1, -0.05) is 35.3 Å². The third-order valence-corrected chi connectivity index (χ3v) is 4.82. The van der Waals surface area contributed by atoms with Crippen LogP contribution >= 0.6 is 23.2 Å². The lowest BCUT2D eigenvalue weighted by atomic mass is 10.2. The summed E-state index contributed by atoms with van der Waals surface area (Å²) in [6, 6.07) is 15.7. The van der Waals surface area contributed by atoms with Gasteiger partial charge in [0.15, 0.2) is 0 Å². The molecule has 1 saturated heterocycles. The van der Waals surface area contributed by atoms with E-state index in [1.807, 2.05) is 25.1 Å². The molecule has 4 rings (SSSR count). The maximum absolute atomic E-state index is 12.7. The van der Waals surface area contributed by atoms with Crippen LogP contribution in [0.25, 0.3) is 17.4 Å². The van der Waals surface area contributed by atoms with Crippen molar-refractivity contribution in [1.82, 2.24) is 5.43 Å². The predicted molar refractivity (Wildman–Crippen MR) is 109 cm³/mol. The molecule has 0 unspecified atom stereocenters. The zero-order valence-electron chi connectivity index (χ0n) is 14.7. The Morgan fingerprint density at radius 1 is 1.04 bits per heavy atom. The van der Waals surface area contributed by atoms with Crippen molar-refractivity contribution in [3.63, 3.8) is 0 Å². The van der Waals surface area contributed by atoms with Crippen LogP contribution in [0.1, 0.15) is 11.3 Å². The van der Waals surface area contributed by atoms with Gasteiger partial charge in [-0.15, -0.1) is 0 Å². The van der Waals surface area contributed by atoms with E-state index in [9.17, 15) is 9.59 Å². The number of carbonyl (C=O) groups excluding carboxylic acids is 2. The monoisotopic (exact) mass is 412 g/mol. The molecule has 7 heteroatoms. The van der Waals surface area contributed by atoms with E-state index in [4.69, 9.17) is 27.6 Å². The molecule has 2 heterocycles. The standard InChI is InChI=1S/C21H14Cl2N2O3/c1-12-3-2-4-14(9-12)25-21(27)17(20(26)24-25)11-15-6-8-19(28-15)16-10-13(22)5-7-18(16)23/h2-11H,1H3,(H,24,26). The highest BCUT2D eigenvalue weighted by Gasteiger charge is 2.34. The molecule has 0 bridgehead atoms. The van der Waals surface area contributed by atoms with Crippen LogP contribution in [0.4, 0.5) is 5.69 Å². The van der Waals surface area contributed by atoms with Gasteiger partial charge in [-0.3, -0.25) is 15.0 Å². The van der Waals surface area contributed by atoms with Crippen LogP contribution in [0.3, 0.4) is 0 Å². The van der Waals surface area contributed by atoms with E-state index in [2.05, 4.69) is 5.43 Å². The fourth-order valence-electron chi connectivity index (χ4n) is 2.91. The number of anilines is 1. The Labute approximate surface area is 171 Å². The first-order valence-corrected chi connectivity index (χ1v) is 9.17. The molecular formula is C21H14Cl2N2O3. The highest BCUT2D eigenvalue weighted by molar-refractivity contribution is 6.35. The van der Waals surface area contributed by atoms with Crippen molar-refractivity contribution in [2.45, 2.75) is 6.92 Å². The Kier molecular flexibility index (Phi) is 4.71. The van der Waals surface area contributed by atoms with E-state index < -0.39 is 11.8 Å². The highest BCUT2D eigenvalue weighted by Crippen LogP contribution is 2.32. The number of hydrogen-bond acceptors (Lipinski definition) is 3. The Balaban J connectivity index is 1.64. The van der Waals surface area contributed by atoms with Gasteiger partial charge in [-0.05, 0) is 61.0 Å². The van der Waals surface area contributed by atoms with Gasteiger partial charge in [0.1, 0.15) is 17.1 Å². The van der Waals surface area contributed by atoms with Gasteiger partial charge in [-0.25, -0.2) is 5.01 Å². The quantitative estimate of drug-likeness (QED) is 0.484. The number of aryl methyl sites for hydroxylation is 1. The normalized spacial score (nSPS) is 15.4. The van der Waals surface area contributed by atoms with E-state index in [-0.39, 0.29) is 5.57 Å². The van der Waals surface area contributed by atoms with Gasteiger partial charge in [0.05, 0.1) is 10.7 Å². The van der Waals surface area contributed by atoms with Crippen LogP contribution in [0.2, 0.25) is 10.0 Å². The van der Waals surface area contributed by atoms with Gasteiger partial charge in [0.2, 0.25) is 0 Å². The molecule has 0 spiro atoms. The minimum Gasteiger partial charge on any atom is -0.457 e. The summed E-state index contributed by atoms with van der Waals surface area (Å²) in [7, 11) is 0. The van der Waals surface area contributed by atoms with Gasteiger partial charge < -0.3 is 4.42 Å². The Bertz CT molecular complexity index is 1130. The van der Waals surface area contributed by atoms with Crippen LogP contribution in [0, 0.1) is 6.92 Å². The van der Waals surface area contributed by atoms with E-state index in [0.29, 0.717) is 32.8 Å². The van der Waals surface area contributed by atoms with Crippen molar-refractivity contribution in [2.24, 2.45) is 0 Å². The van der Waals surface area contributed by atoms with Crippen molar-refractivity contribution in [1.29, 1.82) is 0 Å². The largest absolute Gasteiger partial charge is 0.457 e. The summed E-state index contributed by atoms with van der Waals surface area (Å²) in [4.78, 5) is 25.0. The summed E-state index contributed by atoms with van der Waals surface area (Å²) in [5.74, 6) is -0.101. The summed E-state index contributed by atoms with van der Waals surface area (Å²) in [5.41, 5.74) is 4.75. The van der Waals surface area contributed by atoms with Gasteiger partial charge >= 0.3 is 0 Å². The lowest BCUT2D eigenvalue weighted by molar-refractivity contribution is -0.117. The van der Waals surface area contributed by atoms with Gasteiger partial charge in [0.25, 0.3) is 11.8 Å². The zero-order chi connectivity index (χ0) is 19.8. The fraction of sp³-hybridized carbons (Fsp3) is 0.0476. The molecule has 0 atom stereocenters. The third-order valence-electron chi connectivity index (χ3n) is 4.26. The number of rotatable bonds is 3. The molecule has 2 amide bonds. The van der Waals surface area contributed by atoms with E-state index in [1.54, 1.807) is 36.4 Å². The maximum atomic E-state index is 12.7. The van der Waals surface area contributed by atoms with Crippen molar-refractivity contribution in [2.75, 3.05) is 5.01 Å². The zero-order valence-corrected chi connectivity index (χ0v) is 16.2. The molecule has 1 aromatic heterocycles. The van der Waals surface area contributed by atoms with Crippen LogP contribution in [-0.4, -0.2) is 11.8 Å². The average molecular weight is 413 g/mol. The Morgan fingerprint density at radius 3 is 2.64 bits per heavy atom. The van der Waals surface area contributed by atoms with Gasteiger partial charge in [-0.2, -0.15) is 0 Å². The molecule has 2 aromatic carbocycles. The van der Waals surface area contributed by atoms with Crippen molar-refractivity contribution < 1.29 is 14.0 Å². The molecule has 1 fully saturated rings. The molecule has 1 N–H and O–H groups in total. The topological polar surface area (TPSA) is 62.6 Å². The summed E-state index contributed by atoms with van der Waals surface area (Å²) < 4.78 is 5.75. The minimum atomic E-state index is -0.495. The lowest BCUT2D eigenvalue weighted by Gasteiger charge is -2.14. The number of benzene rings is 2. The second kappa shape index (κ2) is 7.19. The first kappa shape index (κ1) is 18.3. The van der Waals surface area contributed by atoms with Crippen LogP contribution in [-0.2, 0) is 9.59 Å². The van der Waals surface area contributed by atoms with Gasteiger partial charge in [0, 0.05) is 10.6 Å². The van der Waals surface area contributed by atoms with E-state index >= 15 is 0 Å². The number of amides is 2. The minimum absolute atomic E-state index is 0.0143. The average Bonchev–Trinajstić information content (AvgIpc) is 3.24. The molecular weight excluding hydrogens is 399 g/mol. The second-order valence-corrected chi connectivity index (χ2v) is 7.15. The first-order chi connectivity index (χ1) is 13.4. The number of hydrazine groups is 1. The number of nitrogens with zero attached hydrogens (tertiary/aromatic N) is 1. The summed E-state index contributed by atoms with van der Waals surface area (Å²) in [6.07, 6.45) is 1.41. The van der Waals surface area contributed by atoms with Crippen molar-refractivity contribution in [3.05, 3.63) is 81.5 Å². The summed E-state index contributed by atoms with van der Waals surface area (Å²) >= 11 is 12.2. The van der Waals surface area contributed by atoms with E-state index in [1.165, 1.54) is 11.1 Å². The smallest absolute Gasteiger partial charge is 0.282 e. The predicted octanol–water partition coefficient (Wildman–Crippen LogP) is 5.02. The molecule has 0 radical (unpaired) electrons. The fourth-order valence-corrected chi connectivity index (χ4v) is 3.29. The molecule has 5 nitrogen and oxygen atoms in total. The van der Waals surface area contributed by atoms with Crippen molar-refractivity contribution >= 4 is 46.8 Å². The van der Waals surface area contributed by atoms with E-state index in [0.717, 1.165) is 5.56 Å². The maximum Gasteiger partial charge on any atom is 0.282 e. The molecule has 28 heavy (non-hydrogen) atoms. The molecule has 3 aromatic rings. The highest BCUT2D eigenvalue weighted by atomic mass is 35.5. The molecule has 1 aliphatic heterocycles. The molecule has 1 aliphatic rings. The number of carbonyl (C=O) groups is 2. The molecule has 0 saturated carbocycles. The van der Waals surface area contributed by atoms with Crippen molar-refractivity contribution in [3.8, 4) is 11.3 Å². The number of nitrogens with one attached hydrogen (secondary N) is 1. The van der Waals surface area contributed by atoms with Crippen LogP contribution in [0.5, 0.6) is 0 Å². The second-order valence-electron chi connectivity index (χ2n) is 6.30. The molecule has 140 valence electrons. The number of furan rings is 1. The first-order valence-electron chi connectivity index (χ1n) is 8.41. The number of hydrogen-bond donors (Lipinski definition) is 1. The lowest BCUT2D eigenvalue weighted by Crippen LogP contribution is -2.35. The summed E-state index contributed by atoms with van der Waals surface area (Å²) in [5, 5.41) is 2.23. The Morgan fingerprint density at radius 2 is 1.86 bits per heavy atom. The number of halogens is 2.